The molecule has 5 nitrogen and oxygen atoms in total. The predicted molar refractivity (Wildman–Crippen MR) is 82.8 cm³/mol. The molecule has 116 valence electrons. The van der Waals surface area contributed by atoms with Gasteiger partial charge in [-0.2, -0.15) is 11.8 Å². The van der Waals surface area contributed by atoms with Gasteiger partial charge >= 0.3 is 0 Å². The van der Waals surface area contributed by atoms with Crippen LogP contribution >= 0.6 is 11.8 Å². The number of hydrogen-bond donors (Lipinski definition) is 1. The van der Waals surface area contributed by atoms with Crippen molar-refractivity contribution in [1.82, 2.24) is 10.2 Å². The van der Waals surface area contributed by atoms with E-state index in [0.29, 0.717) is 6.42 Å². The third-order valence-corrected chi connectivity index (χ3v) is 5.89. The topological polar surface area (TPSA) is 66.5 Å². The van der Waals surface area contributed by atoms with Gasteiger partial charge in [-0.1, -0.05) is 0 Å². The largest absolute Gasteiger partial charge is 0.336 e. The zero-order chi connectivity index (χ0) is 14.8. The average molecular weight is 320 g/mol. The molecule has 2 atom stereocenters. The van der Waals surface area contributed by atoms with Crippen LogP contribution in [0.2, 0.25) is 0 Å². The molecule has 1 N–H and O–H groups in total. The van der Waals surface area contributed by atoms with Crippen LogP contribution in [-0.4, -0.2) is 67.4 Å². The number of rotatable bonds is 6. The number of amides is 1. The molecule has 0 aromatic carbocycles. The molecule has 1 heterocycles. The summed E-state index contributed by atoms with van der Waals surface area (Å²) in [5.41, 5.74) is 0. The molecular weight excluding hydrogens is 296 g/mol. The number of carbonyl (C=O) groups is 1. The molecule has 0 aromatic rings. The lowest BCUT2D eigenvalue weighted by molar-refractivity contribution is -0.133. The van der Waals surface area contributed by atoms with Gasteiger partial charge in [0.1, 0.15) is 9.84 Å². The van der Waals surface area contributed by atoms with Crippen molar-refractivity contribution in [1.29, 1.82) is 0 Å². The fraction of sp³-hybridized carbons (Fsp3) is 0.923. The minimum Gasteiger partial charge on any atom is -0.336 e. The Balaban J connectivity index is 1.95. The van der Waals surface area contributed by atoms with Crippen LogP contribution in [-0.2, 0) is 14.6 Å². The quantitative estimate of drug-likeness (QED) is 0.772. The van der Waals surface area contributed by atoms with Gasteiger partial charge < -0.3 is 10.2 Å². The van der Waals surface area contributed by atoms with E-state index in [2.05, 4.69) is 5.32 Å². The molecule has 2 aliphatic rings. The summed E-state index contributed by atoms with van der Waals surface area (Å²) >= 11 is 1.87. The van der Waals surface area contributed by atoms with E-state index < -0.39 is 9.84 Å². The highest BCUT2D eigenvalue weighted by Gasteiger charge is 2.37. The Morgan fingerprint density at radius 2 is 2.15 bits per heavy atom. The first-order valence-corrected chi connectivity index (χ1v) is 10.4. The van der Waals surface area contributed by atoms with E-state index in [1.54, 1.807) is 0 Å². The SMILES string of the molecule is CC(CS(C)(=O)=O)N(C(=O)CC1CSCCN1)C1CC1. The average Bonchev–Trinajstić information content (AvgIpc) is 3.12. The molecule has 0 bridgehead atoms. The summed E-state index contributed by atoms with van der Waals surface area (Å²) in [6.07, 6.45) is 3.73. The first-order chi connectivity index (χ1) is 9.37. The first-order valence-electron chi connectivity index (χ1n) is 7.17. The molecular formula is C13H24N2O3S2. The fourth-order valence-corrected chi connectivity index (χ4v) is 4.73. The lowest BCUT2D eigenvalue weighted by Crippen LogP contribution is -2.47. The van der Waals surface area contributed by atoms with E-state index in [9.17, 15) is 13.2 Å². The Morgan fingerprint density at radius 1 is 1.45 bits per heavy atom. The van der Waals surface area contributed by atoms with Crippen LogP contribution in [0.3, 0.4) is 0 Å². The summed E-state index contributed by atoms with van der Waals surface area (Å²) in [4.78, 5) is 14.3. The molecule has 0 spiro atoms. The number of hydrogen-bond acceptors (Lipinski definition) is 5. The third kappa shape index (κ3) is 4.93. The maximum absolute atomic E-state index is 12.5. The summed E-state index contributed by atoms with van der Waals surface area (Å²) in [5.74, 6) is 2.22. The van der Waals surface area contributed by atoms with Crippen molar-refractivity contribution in [2.45, 2.75) is 44.3 Å². The van der Waals surface area contributed by atoms with Crippen LogP contribution in [0, 0.1) is 0 Å². The zero-order valence-corrected chi connectivity index (χ0v) is 13.8. The molecule has 0 aromatic heterocycles. The molecule has 2 rings (SSSR count). The highest BCUT2D eigenvalue weighted by atomic mass is 32.2. The van der Waals surface area contributed by atoms with Crippen molar-refractivity contribution in [2.75, 3.05) is 30.1 Å². The summed E-state index contributed by atoms with van der Waals surface area (Å²) < 4.78 is 22.9. The number of nitrogens with zero attached hydrogens (tertiary/aromatic N) is 1. The molecule has 1 amide bonds. The van der Waals surface area contributed by atoms with Gasteiger partial charge in [-0.05, 0) is 19.8 Å². The smallest absolute Gasteiger partial charge is 0.224 e. The minimum absolute atomic E-state index is 0.0576. The molecule has 2 fully saturated rings. The Kier molecular flexibility index (Phi) is 5.36. The molecule has 1 saturated carbocycles. The molecule has 2 unspecified atom stereocenters. The van der Waals surface area contributed by atoms with Crippen molar-refractivity contribution >= 4 is 27.5 Å². The highest BCUT2D eigenvalue weighted by molar-refractivity contribution is 7.99. The van der Waals surface area contributed by atoms with Crippen LogP contribution in [0.25, 0.3) is 0 Å². The van der Waals surface area contributed by atoms with Gasteiger partial charge in [0.25, 0.3) is 0 Å². The number of thioether (sulfide) groups is 1. The van der Waals surface area contributed by atoms with Crippen molar-refractivity contribution in [3.05, 3.63) is 0 Å². The van der Waals surface area contributed by atoms with Crippen molar-refractivity contribution in [2.24, 2.45) is 0 Å². The lowest BCUT2D eigenvalue weighted by atomic mass is 10.2. The second-order valence-electron chi connectivity index (χ2n) is 5.90. The first kappa shape index (κ1) is 16.1. The number of sulfone groups is 1. The Hall–Kier alpha value is -0.270. The van der Waals surface area contributed by atoms with E-state index in [0.717, 1.165) is 30.9 Å². The van der Waals surface area contributed by atoms with Gasteiger partial charge in [0, 0.05) is 48.9 Å². The molecule has 1 aliphatic carbocycles. The molecule has 0 radical (unpaired) electrons. The maximum Gasteiger partial charge on any atom is 0.224 e. The van der Waals surface area contributed by atoms with Gasteiger partial charge in [0.15, 0.2) is 0 Å². The van der Waals surface area contributed by atoms with Crippen molar-refractivity contribution < 1.29 is 13.2 Å². The van der Waals surface area contributed by atoms with Crippen molar-refractivity contribution in [3.63, 3.8) is 0 Å². The van der Waals surface area contributed by atoms with E-state index in [1.165, 1.54) is 6.26 Å². The Morgan fingerprint density at radius 3 is 2.65 bits per heavy atom. The van der Waals surface area contributed by atoms with Gasteiger partial charge in [0.05, 0.1) is 5.75 Å². The van der Waals surface area contributed by atoms with Gasteiger partial charge in [-0.3, -0.25) is 4.79 Å². The maximum atomic E-state index is 12.5. The molecule has 7 heteroatoms. The monoisotopic (exact) mass is 320 g/mol. The molecule has 20 heavy (non-hydrogen) atoms. The van der Waals surface area contributed by atoms with Crippen LogP contribution in [0.4, 0.5) is 0 Å². The lowest BCUT2D eigenvalue weighted by Gasteiger charge is -2.31. The molecule has 1 aliphatic heterocycles. The summed E-state index contributed by atoms with van der Waals surface area (Å²) in [5, 5.41) is 3.36. The number of carbonyl (C=O) groups excluding carboxylic acids is 1. The Labute approximate surface area is 125 Å². The normalized spacial score (nSPS) is 25.2. The van der Waals surface area contributed by atoms with E-state index in [4.69, 9.17) is 0 Å². The predicted octanol–water partition coefficient (Wildman–Crippen LogP) is 0.506. The van der Waals surface area contributed by atoms with Crippen LogP contribution in [0.5, 0.6) is 0 Å². The van der Waals surface area contributed by atoms with Gasteiger partial charge in [0.2, 0.25) is 5.91 Å². The summed E-state index contributed by atoms with van der Waals surface area (Å²) in [7, 11) is -3.05. The zero-order valence-electron chi connectivity index (χ0n) is 12.2. The third-order valence-electron chi connectivity index (χ3n) is 3.67. The second-order valence-corrected chi connectivity index (χ2v) is 9.24. The highest BCUT2D eigenvalue weighted by Crippen LogP contribution is 2.30. The summed E-state index contributed by atoms with van der Waals surface area (Å²) in [6.45, 7) is 2.80. The second kappa shape index (κ2) is 6.66. The van der Waals surface area contributed by atoms with Gasteiger partial charge in [-0.15, -0.1) is 0 Å². The van der Waals surface area contributed by atoms with E-state index in [-0.39, 0.29) is 29.8 Å². The molecule has 1 saturated heterocycles. The van der Waals surface area contributed by atoms with Crippen molar-refractivity contribution in [3.8, 4) is 0 Å². The Bertz CT molecular complexity index is 443. The number of nitrogens with one attached hydrogen (secondary N) is 1. The van der Waals surface area contributed by atoms with Gasteiger partial charge in [-0.25, -0.2) is 8.42 Å². The minimum atomic E-state index is -3.05. The summed E-state index contributed by atoms with van der Waals surface area (Å²) in [6, 6.07) is 0.268. The van der Waals surface area contributed by atoms with Crippen LogP contribution in [0.1, 0.15) is 26.2 Å². The standard InChI is InChI=1S/C13H24N2O3S2/c1-10(9-20(2,17)18)15(12-3-4-12)13(16)7-11-8-19-6-5-14-11/h10-12,14H,3-9H2,1-2H3. The fourth-order valence-electron chi connectivity index (χ4n) is 2.75. The van der Waals surface area contributed by atoms with E-state index >= 15 is 0 Å². The van der Waals surface area contributed by atoms with E-state index in [1.807, 2.05) is 23.6 Å². The van der Waals surface area contributed by atoms with Crippen LogP contribution in [0.15, 0.2) is 0 Å². The van der Waals surface area contributed by atoms with Crippen LogP contribution < -0.4 is 5.32 Å².